The molecule has 1 aromatic heterocycles. The summed E-state index contributed by atoms with van der Waals surface area (Å²) in [4.78, 5) is 10.4. The van der Waals surface area contributed by atoms with Gasteiger partial charge in [0.2, 0.25) is 5.95 Å². The number of rotatable bonds is 3. The third kappa shape index (κ3) is 3.98. The van der Waals surface area contributed by atoms with E-state index in [9.17, 15) is 8.78 Å². The minimum Gasteiger partial charge on any atom is -0.487 e. The van der Waals surface area contributed by atoms with E-state index in [-0.39, 0.29) is 19.2 Å². The number of halogens is 2. The maximum atomic E-state index is 14.5. The quantitative estimate of drug-likeness (QED) is 0.587. The molecule has 2 unspecified atom stereocenters. The molecule has 2 aliphatic heterocycles. The normalized spacial score (nSPS) is 24.2. The Bertz CT molecular complexity index is 1270. The van der Waals surface area contributed by atoms with Crippen LogP contribution in [-0.2, 0) is 16.7 Å². The summed E-state index contributed by atoms with van der Waals surface area (Å²) >= 11 is 0. The van der Waals surface area contributed by atoms with E-state index in [2.05, 4.69) is 4.98 Å². The van der Waals surface area contributed by atoms with Crippen molar-refractivity contribution >= 4 is 5.96 Å². The molecule has 34 heavy (non-hydrogen) atoms. The number of nitrogens with two attached hydrogens (primary N) is 1. The molecule has 0 saturated heterocycles. The maximum absolute atomic E-state index is 14.5. The number of ether oxygens (including phenoxy) is 2. The lowest BCUT2D eigenvalue weighted by molar-refractivity contribution is -0.0128. The van der Waals surface area contributed by atoms with Crippen LogP contribution in [0.4, 0.5) is 8.78 Å². The standard InChI is InChI=1S/C26H26F2N4O2/c1-25(13-18-6-3-4-8-21(18)27)14-26(15-33-16-32(2)24(29)31-26)20-12-17(9-10-22(20)34-25)19-7-5-11-30-23(19)28/h3-12H,13-16H2,1-2H3,(H2,29,31). The van der Waals surface area contributed by atoms with E-state index in [1.807, 2.05) is 19.1 Å². The predicted molar refractivity (Wildman–Crippen MR) is 125 cm³/mol. The average molecular weight is 465 g/mol. The zero-order valence-corrected chi connectivity index (χ0v) is 19.1. The second kappa shape index (κ2) is 8.36. The molecule has 0 saturated carbocycles. The van der Waals surface area contributed by atoms with Gasteiger partial charge < -0.3 is 20.1 Å². The number of guanidine groups is 1. The van der Waals surface area contributed by atoms with Gasteiger partial charge in [0.1, 0.15) is 29.4 Å². The highest BCUT2D eigenvalue weighted by Crippen LogP contribution is 2.49. The number of aromatic nitrogens is 1. The smallest absolute Gasteiger partial charge is 0.220 e. The summed E-state index contributed by atoms with van der Waals surface area (Å²) < 4.78 is 41.4. The lowest BCUT2D eigenvalue weighted by Crippen LogP contribution is -2.49. The second-order valence-electron chi connectivity index (χ2n) is 9.23. The maximum Gasteiger partial charge on any atom is 0.220 e. The Hall–Kier alpha value is -3.52. The van der Waals surface area contributed by atoms with Gasteiger partial charge in [0.15, 0.2) is 5.96 Å². The van der Waals surface area contributed by atoms with E-state index in [4.69, 9.17) is 20.2 Å². The van der Waals surface area contributed by atoms with E-state index in [0.717, 1.165) is 5.56 Å². The number of nitrogens with zero attached hydrogens (tertiary/aromatic N) is 3. The van der Waals surface area contributed by atoms with Crippen LogP contribution >= 0.6 is 0 Å². The first kappa shape index (κ1) is 22.3. The zero-order valence-electron chi connectivity index (χ0n) is 19.1. The van der Waals surface area contributed by atoms with Crippen LogP contribution in [0.3, 0.4) is 0 Å². The molecular formula is C26H26F2N4O2. The number of hydrogen-bond donors (Lipinski definition) is 1. The van der Waals surface area contributed by atoms with E-state index >= 15 is 0 Å². The largest absolute Gasteiger partial charge is 0.487 e. The van der Waals surface area contributed by atoms with Crippen molar-refractivity contribution in [3.05, 3.63) is 83.7 Å². The fourth-order valence-electron chi connectivity index (χ4n) is 4.89. The van der Waals surface area contributed by atoms with Gasteiger partial charge in [-0.05, 0) is 48.4 Å². The fourth-order valence-corrected chi connectivity index (χ4v) is 4.89. The lowest BCUT2D eigenvalue weighted by Gasteiger charge is -2.45. The predicted octanol–water partition coefficient (Wildman–Crippen LogP) is 4.24. The Morgan fingerprint density at radius 1 is 1.12 bits per heavy atom. The molecule has 0 radical (unpaired) electrons. The van der Waals surface area contributed by atoms with Crippen molar-refractivity contribution in [1.82, 2.24) is 9.88 Å². The summed E-state index contributed by atoms with van der Waals surface area (Å²) in [5, 5.41) is 0. The van der Waals surface area contributed by atoms with Gasteiger partial charge >= 0.3 is 0 Å². The van der Waals surface area contributed by atoms with Gasteiger partial charge in [0, 0.05) is 37.2 Å². The molecule has 6 nitrogen and oxygen atoms in total. The molecule has 3 aromatic rings. The molecular weight excluding hydrogens is 438 g/mol. The Labute approximate surface area is 197 Å². The summed E-state index contributed by atoms with van der Waals surface area (Å²) in [6, 6.07) is 15.5. The van der Waals surface area contributed by atoms with Crippen LogP contribution in [0.2, 0.25) is 0 Å². The molecule has 2 atom stereocenters. The molecule has 2 N–H and O–H groups in total. The highest BCUT2D eigenvalue weighted by Gasteiger charge is 2.49. The molecule has 5 rings (SSSR count). The van der Waals surface area contributed by atoms with E-state index < -0.39 is 17.1 Å². The summed E-state index contributed by atoms with van der Waals surface area (Å²) in [5.41, 5.74) is 6.96. The molecule has 0 bridgehead atoms. The molecule has 1 spiro atoms. The monoisotopic (exact) mass is 464 g/mol. The number of benzene rings is 2. The van der Waals surface area contributed by atoms with Crippen LogP contribution in [0.15, 0.2) is 65.8 Å². The van der Waals surface area contributed by atoms with Gasteiger partial charge in [0.25, 0.3) is 0 Å². The van der Waals surface area contributed by atoms with Crippen molar-refractivity contribution in [1.29, 1.82) is 0 Å². The number of aliphatic imine (C=N–C) groups is 1. The van der Waals surface area contributed by atoms with E-state index in [1.54, 1.807) is 48.3 Å². The Kier molecular flexibility index (Phi) is 5.48. The van der Waals surface area contributed by atoms with E-state index in [0.29, 0.717) is 41.2 Å². The first-order chi connectivity index (χ1) is 16.3. The van der Waals surface area contributed by atoms with Gasteiger partial charge in [0.05, 0.1) is 6.61 Å². The zero-order chi connectivity index (χ0) is 23.9. The topological polar surface area (TPSA) is 73.0 Å². The minimum atomic E-state index is -0.892. The third-order valence-corrected chi connectivity index (χ3v) is 6.44. The van der Waals surface area contributed by atoms with Crippen molar-refractivity contribution in [3.63, 3.8) is 0 Å². The molecule has 2 aromatic carbocycles. The molecule has 0 amide bonds. The van der Waals surface area contributed by atoms with Crippen molar-refractivity contribution in [2.45, 2.75) is 30.9 Å². The van der Waals surface area contributed by atoms with Gasteiger partial charge in [-0.2, -0.15) is 4.39 Å². The highest BCUT2D eigenvalue weighted by atomic mass is 19.1. The van der Waals surface area contributed by atoms with Crippen LogP contribution in [0, 0.1) is 11.8 Å². The van der Waals surface area contributed by atoms with Crippen molar-refractivity contribution < 1.29 is 18.3 Å². The number of hydrogen-bond acceptors (Lipinski definition) is 6. The molecule has 2 aliphatic rings. The van der Waals surface area contributed by atoms with Crippen molar-refractivity contribution in [3.8, 4) is 16.9 Å². The highest BCUT2D eigenvalue weighted by molar-refractivity contribution is 5.79. The van der Waals surface area contributed by atoms with Gasteiger partial charge in [-0.3, -0.25) is 0 Å². The lowest BCUT2D eigenvalue weighted by atomic mass is 9.75. The summed E-state index contributed by atoms with van der Waals surface area (Å²) in [7, 11) is 1.80. The molecule has 8 heteroatoms. The SMILES string of the molecule is CN1COCC2(CC(C)(Cc3ccccc3F)Oc3ccc(-c4cccnc4F)cc32)N=C1N. The van der Waals surface area contributed by atoms with Crippen LogP contribution in [0.25, 0.3) is 11.1 Å². The molecule has 176 valence electrons. The minimum absolute atomic E-state index is 0.250. The number of pyridine rings is 1. The molecule has 3 heterocycles. The van der Waals surface area contributed by atoms with Crippen LogP contribution in [0.5, 0.6) is 5.75 Å². The summed E-state index contributed by atoms with van der Waals surface area (Å²) in [6.45, 7) is 2.48. The fraction of sp³-hybridized carbons (Fsp3) is 0.308. The first-order valence-electron chi connectivity index (χ1n) is 11.1. The Morgan fingerprint density at radius 3 is 2.74 bits per heavy atom. The van der Waals surface area contributed by atoms with Crippen LogP contribution in [-0.4, -0.2) is 41.8 Å². The third-order valence-electron chi connectivity index (χ3n) is 6.44. The number of fused-ring (bicyclic) bond motifs is 2. The average Bonchev–Trinajstić information content (AvgIpc) is 2.94. The van der Waals surface area contributed by atoms with Gasteiger partial charge in [-0.15, -0.1) is 0 Å². The van der Waals surface area contributed by atoms with Gasteiger partial charge in [-0.25, -0.2) is 14.4 Å². The summed E-state index contributed by atoms with van der Waals surface area (Å²) in [5.74, 6) is 0.0753. The van der Waals surface area contributed by atoms with Crippen LogP contribution < -0.4 is 10.5 Å². The van der Waals surface area contributed by atoms with Crippen molar-refractivity contribution in [2.24, 2.45) is 10.7 Å². The van der Waals surface area contributed by atoms with Crippen molar-refractivity contribution in [2.75, 3.05) is 20.4 Å². The summed E-state index contributed by atoms with van der Waals surface area (Å²) in [6.07, 6.45) is 2.15. The van der Waals surface area contributed by atoms with Gasteiger partial charge in [-0.1, -0.05) is 24.3 Å². The Morgan fingerprint density at radius 2 is 1.94 bits per heavy atom. The Balaban J connectivity index is 1.65. The first-order valence-corrected chi connectivity index (χ1v) is 11.1. The molecule has 0 aliphatic carbocycles. The van der Waals surface area contributed by atoms with Crippen LogP contribution in [0.1, 0.15) is 24.5 Å². The molecule has 0 fully saturated rings. The second-order valence-corrected chi connectivity index (χ2v) is 9.23. The van der Waals surface area contributed by atoms with E-state index in [1.165, 1.54) is 12.3 Å².